The molecule has 0 rings (SSSR count). The molecule has 0 spiro atoms. The fourth-order valence-corrected chi connectivity index (χ4v) is 0.728. The van der Waals surface area contributed by atoms with E-state index in [-0.39, 0.29) is 0 Å². The first-order valence-electron chi connectivity index (χ1n) is 2.20. The molecule has 0 aromatic heterocycles. The molecule has 7 heteroatoms. The van der Waals surface area contributed by atoms with E-state index in [1.807, 2.05) is 0 Å². The predicted molar refractivity (Wildman–Crippen MR) is 27.8 cm³/mol. The molecule has 0 aliphatic carbocycles. The molecule has 0 amide bonds. The zero-order chi connectivity index (χ0) is 8.15. The van der Waals surface area contributed by atoms with Crippen LogP contribution < -0.4 is 0 Å². The Bertz CT molecular complexity index is 144. The van der Waals surface area contributed by atoms with Crippen molar-refractivity contribution in [2.75, 3.05) is 6.61 Å². The monoisotopic (exact) mass is 218 g/mol. The molecule has 0 aliphatic rings. The summed E-state index contributed by atoms with van der Waals surface area (Å²) in [5.41, 5.74) is 0. The van der Waals surface area contributed by atoms with Crippen molar-refractivity contribution >= 4 is 20.5 Å². The van der Waals surface area contributed by atoms with E-state index in [0.29, 0.717) is 0 Å². The third kappa shape index (κ3) is 3.65. The van der Waals surface area contributed by atoms with Crippen LogP contribution in [-0.4, -0.2) is 47.6 Å². The molecule has 0 saturated heterocycles. The summed E-state index contributed by atoms with van der Waals surface area (Å²) in [4.78, 5) is 10.2. The Kier molecular flexibility index (Phi) is 4.33. The summed E-state index contributed by atoms with van der Waals surface area (Å²) >= 11 is -3.55. The number of carbonyl (C=O) groups excluding carboxylic acids is 1. The van der Waals surface area contributed by atoms with Gasteiger partial charge in [-0.1, -0.05) is 0 Å². The number of aliphatic hydroxyl groups is 2. The van der Waals surface area contributed by atoms with Crippen molar-refractivity contribution in [3.63, 3.8) is 0 Å². The van der Waals surface area contributed by atoms with Gasteiger partial charge in [-0.3, -0.25) is 0 Å². The molecule has 2 unspecified atom stereocenters. The topological polar surface area (TPSA) is 104 Å². The fourth-order valence-electron chi connectivity index (χ4n) is 0.200. The normalized spacial score (nSPS) is 15.9. The molecule has 10 heavy (non-hydrogen) atoms. The Balaban J connectivity index is 3.73. The van der Waals surface area contributed by atoms with Crippen LogP contribution in [-0.2, 0) is 12.4 Å². The average molecular weight is 217 g/mol. The van der Waals surface area contributed by atoms with E-state index in [2.05, 4.69) is 3.82 Å². The Hall–Kier alpha value is -0.331. The number of carbonyl (C=O) groups is 1. The van der Waals surface area contributed by atoms with Crippen LogP contribution in [0, 0.1) is 0 Å². The van der Waals surface area contributed by atoms with Crippen molar-refractivity contribution < 1.29 is 26.9 Å². The van der Waals surface area contributed by atoms with Crippen molar-refractivity contribution in [3.8, 4) is 0 Å². The Labute approximate surface area is 60.8 Å². The first kappa shape index (κ1) is 9.67. The number of hydrogen-bond donors (Lipinski definition) is 3. The summed E-state index contributed by atoms with van der Waals surface area (Å²) in [5.74, 6) is -1.29. The molecule has 2 atom stereocenters. The summed E-state index contributed by atoms with van der Waals surface area (Å²) in [6.45, 7) is -0.822. The molecule has 0 aromatic carbocycles. The standard InChI is InChI=1S/C3H6O6Se/c4-1-2(5)3(6)9-10(7)8/h2,4-5H,1H2,(H,7,8). The number of aliphatic hydroxyl groups excluding tert-OH is 2. The van der Waals surface area contributed by atoms with E-state index in [0.717, 1.165) is 0 Å². The molecule has 3 N–H and O–H groups in total. The van der Waals surface area contributed by atoms with E-state index >= 15 is 0 Å². The SMILES string of the molecule is O=C(O[Se](=O)O)C(O)CO. The van der Waals surface area contributed by atoms with Gasteiger partial charge in [0.25, 0.3) is 0 Å². The van der Waals surface area contributed by atoms with Gasteiger partial charge >= 0.3 is 60.0 Å². The third-order valence-corrected chi connectivity index (χ3v) is 1.24. The van der Waals surface area contributed by atoms with Gasteiger partial charge in [-0.15, -0.1) is 0 Å². The molecule has 6 nitrogen and oxygen atoms in total. The van der Waals surface area contributed by atoms with Crippen molar-refractivity contribution in [1.29, 1.82) is 0 Å². The van der Waals surface area contributed by atoms with Crippen LogP contribution in [0.3, 0.4) is 0 Å². The van der Waals surface area contributed by atoms with E-state index in [1.165, 1.54) is 0 Å². The summed E-state index contributed by atoms with van der Waals surface area (Å²) < 4.78 is 21.5. The molecule has 0 radical (unpaired) electrons. The second-order valence-electron chi connectivity index (χ2n) is 1.32. The van der Waals surface area contributed by atoms with Gasteiger partial charge in [-0.25, -0.2) is 0 Å². The minimum absolute atomic E-state index is 0.822. The molecule has 0 bridgehead atoms. The summed E-state index contributed by atoms with van der Waals surface area (Å²) in [7, 11) is 0. The van der Waals surface area contributed by atoms with Gasteiger partial charge in [-0.2, -0.15) is 0 Å². The zero-order valence-corrected chi connectivity index (χ0v) is 6.47. The second-order valence-corrected chi connectivity index (χ2v) is 2.58. The minimum atomic E-state index is -3.55. The van der Waals surface area contributed by atoms with Gasteiger partial charge in [0.2, 0.25) is 0 Å². The van der Waals surface area contributed by atoms with Crippen molar-refractivity contribution in [2.24, 2.45) is 0 Å². The Morgan fingerprint density at radius 2 is 2.20 bits per heavy atom. The Morgan fingerprint density at radius 1 is 1.70 bits per heavy atom. The van der Waals surface area contributed by atoms with Crippen LogP contribution in [0.15, 0.2) is 0 Å². The maximum atomic E-state index is 10.2. The van der Waals surface area contributed by atoms with E-state index in [4.69, 9.17) is 14.4 Å². The van der Waals surface area contributed by atoms with Crippen LogP contribution in [0.25, 0.3) is 0 Å². The molecular formula is C3H6O6Se. The Morgan fingerprint density at radius 3 is 2.50 bits per heavy atom. The van der Waals surface area contributed by atoms with Crippen LogP contribution >= 0.6 is 0 Å². The molecule has 0 heterocycles. The van der Waals surface area contributed by atoms with Crippen LogP contribution in [0.4, 0.5) is 0 Å². The zero-order valence-electron chi connectivity index (χ0n) is 4.76. The van der Waals surface area contributed by atoms with E-state index < -0.39 is 33.2 Å². The van der Waals surface area contributed by atoms with Crippen LogP contribution in [0.5, 0.6) is 0 Å². The van der Waals surface area contributed by atoms with Gasteiger partial charge < -0.3 is 0 Å². The fraction of sp³-hybridized carbons (Fsp3) is 0.667. The molecule has 0 aliphatic heterocycles. The van der Waals surface area contributed by atoms with Crippen LogP contribution in [0.2, 0.25) is 0 Å². The summed E-state index contributed by atoms with van der Waals surface area (Å²) in [5, 5.41) is 16.5. The van der Waals surface area contributed by atoms with Gasteiger partial charge in [0, 0.05) is 0 Å². The molecular weight excluding hydrogens is 211 g/mol. The van der Waals surface area contributed by atoms with Gasteiger partial charge in [-0.05, 0) is 0 Å². The van der Waals surface area contributed by atoms with Gasteiger partial charge in [0.1, 0.15) is 0 Å². The van der Waals surface area contributed by atoms with Crippen molar-refractivity contribution in [2.45, 2.75) is 6.10 Å². The summed E-state index contributed by atoms with van der Waals surface area (Å²) in [6.07, 6.45) is -1.73. The molecule has 60 valence electrons. The van der Waals surface area contributed by atoms with Crippen LogP contribution in [0.1, 0.15) is 0 Å². The maximum absolute atomic E-state index is 10.2. The van der Waals surface area contributed by atoms with Gasteiger partial charge in [0.05, 0.1) is 0 Å². The average Bonchev–Trinajstić information content (AvgIpc) is 1.85. The van der Waals surface area contributed by atoms with Crippen molar-refractivity contribution in [1.82, 2.24) is 0 Å². The number of rotatable bonds is 3. The van der Waals surface area contributed by atoms with Crippen molar-refractivity contribution in [3.05, 3.63) is 0 Å². The third-order valence-electron chi connectivity index (χ3n) is 0.598. The predicted octanol–water partition coefficient (Wildman–Crippen LogP) is -2.71. The van der Waals surface area contributed by atoms with E-state index in [9.17, 15) is 8.63 Å². The molecule has 0 aromatic rings. The van der Waals surface area contributed by atoms with Gasteiger partial charge in [0.15, 0.2) is 0 Å². The first-order chi connectivity index (χ1) is 4.57. The summed E-state index contributed by atoms with van der Waals surface area (Å²) in [6, 6.07) is 0. The quantitative estimate of drug-likeness (QED) is 0.444. The second kappa shape index (κ2) is 4.48. The van der Waals surface area contributed by atoms with E-state index in [1.54, 1.807) is 0 Å². The first-order valence-corrected chi connectivity index (χ1v) is 4.36. The molecule has 0 saturated carbocycles. The number of hydrogen-bond acceptors (Lipinski definition) is 5. The molecule has 0 fully saturated rings.